The molecule has 0 bridgehead atoms. The molecular formula is C16H26ClN3O3. The van der Waals surface area contributed by atoms with Crippen molar-refractivity contribution in [1.29, 1.82) is 0 Å². The molecular weight excluding hydrogens is 318 g/mol. The van der Waals surface area contributed by atoms with Crippen molar-refractivity contribution in [1.82, 2.24) is 15.1 Å². The number of hydrogen-bond acceptors (Lipinski definition) is 6. The van der Waals surface area contributed by atoms with E-state index in [1.165, 1.54) is 6.42 Å². The molecule has 0 aromatic carbocycles. The molecule has 3 rings (SSSR count). The summed E-state index contributed by atoms with van der Waals surface area (Å²) in [4.78, 5) is 16.6. The summed E-state index contributed by atoms with van der Waals surface area (Å²) < 4.78 is 10.5. The van der Waals surface area contributed by atoms with Crippen LogP contribution in [0.4, 0.5) is 0 Å². The first-order valence-corrected chi connectivity index (χ1v) is 8.19. The van der Waals surface area contributed by atoms with Crippen molar-refractivity contribution in [2.75, 3.05) is 45.9 Å². The van der Waals surface area contributed by atoms with Gasteiger partial charge >= 0.3 is 5.97 Å². The molecule has 1 unspecified atom stereocenters. The summed E-state index contributed by atoms with van der Waals surface area (Å²) in [6.45, 7) is 9.57. The molecule has 2 aliphatic rings. The number of esters is 1. The molecule has 2 saturated heterocycles. The molecule has 6 nitrogen and oxygen atoms in total. The number of furan rings is 1. The quantitative estimate of drug-likeness (QED) is 0.815. The van der Waals surface area contributed by atoms with Gasteiger partial charge in [0.05, 0.1) is 13.2 Å². The van der Waals surface area contributed by atoms with Crippen LogP contribution in [0, 0.1) is 0 Å². The highest BCUT2D eigenvalue weighted by atomic mass is 35.5. The lowest BCUT2D eigenvalue weighted by Gasteiger charge is -2.32. The number of likely N-dealkylation sites (tertiary alicyclic amines) is 1. The van der Waals surface area contributed by atoms with Crippen molar-refractivity contribution in [3.63, 3.8) is 0 Å². The number of nitrogens with zero attached hydrogens (tertiary/aromatic N) is 2. The van der Waals surface area contributed by atoms with Crippen LogP contribution in [0.3, 0.4) is 0 Å². The molecule has 1 N–H and O–H groups in total. The molecule has 1 aromatic rings. The number of hydrogen-bond donors (Lipinski definition) is 1. The van der Waals surface area contributed by atoms with Gasteiger partial charge in [0, 0.05) is 45.3 Å². The molecule has 23 heavy (non-hydrogen) atoms. The third-order valence-electron chi connectivity index (χ3n) is 4.43. The van der Waals surface area contributed by atoms with Gasteiger partial charge in [0.1, 0.15) is 5.76 Å². The Hall–Kier alpha value is -1.08. The number of rotatable bonds is 5. The van der Waals surface area contributed by atoms with Gasteiger partial charge in [-0.1, -0.05) is 0 Å². The van der Waals surface area contributed by atoms with Crippen LogP contribution in [0.25, 0.3) is 0 Å². The smallest absolute Gasteiger partial charge is 0.374 e. The summed E-state index contributed by atoms with van der Waals surface area (Å²) in [5.74, 6) is 0.757. The largest absolute Gasteiger partial charge is 0.460 e. The van der Waals surface area contributed by atoms with Gasteiger partial charge < -0.3 is 14.5 Å². The molecule has 130 valence electrons. The predicted molar refractivity (Wildman–Crippen MR) is 90.0 cm³/mol. The SMILES string of the molecule is CCOC(=O)c1ccc(CN2CCC(N3CCNCC3)C2)o1.Cl. The van der Waals surface area contributed by atoms with Crippen molar-refractivity contribution >= 4 is 18.4 Å². The average molecular weight is 344 g/mol. The van der Waals surface area contributed by atoms with E-state index < -0.39 is 0 Å². The number of carbonyl (C=O) groups is 1. The Balaban J connectivity index is 0.00000192. The monoisotopic (exact) mass is 343 g/mol. The van der Waals surface area contributed by atoms with E-state index in [1.807, 2.05) is 6.07 Å². The number of ether oxygens (including phenoxy) is 1. The fraction of sp³-hybridized carbons (Fsp3) is 0.688. The van der Waals surface area contributed by atoms with Gasteiger partial charge in [-0.05, 0) is 25.5 Å². The van der Waals surface area contributed by atoms with Crippen molar-refractivity contribution < 1.29 is 13.9 Å². The fourth-order valence-corrected chi connectivity index (χ4v) is 3.30. The van der Waals surface area contributed by atoms with Crippen molar-refractivity contribution in [3.8, 4) is 0 Å². The lowest BCUT2D eigenvalue weighted by atomic mass is 10.2. The Morgan fingerprint density at radius 3 is 2.87 bits per heavy atom. The molecule has 0 spiro atoms. The van der Waals surface area contributed by atoms with Gasteiger partial charge in [0.15, 0.2) is 0 Å². The van der Waals surface area contributed by atoms with Crippen LogP contribution >= 0.6 is 12.4 Å². The first-order valence-electron chi connectivity index (χ1n) is 8.19. The first-order chi connectivity index (χ1) is 10.8. The Bertz CT molecular complexity index is 503. The summed E-state index contributed by atoms with van der Waals surface area (Å²) in [6, 6.07) is 4.24. The maximum atomic E-state index is 11.6. The maximum absolute atomic E-state index is 11.6. The predicted octanol–water partition coefficient (Wildman–Crippen LogP) is 1.36. The van der Waals surface area contributed by atoms with Crippen molar-refractivity contribution in [3.05, 3.63) is 23.7 Å². The lowest BCUT2D eigenvalue weighted by Crippen LogP contribution is -2.49. The first kappa shape index (κ1) is 18.3. The van der Waals surface area contributed by atoms with E-state index in [9.17, 15) is 4.79 Å². The topological polar surface area (TPSA) is 58.0 Å². The molecule has 2 fully saturated rings. The van der Waals surface area contributed by atoms with E-state index in [1.54, 1.807) is 13.0 Å². The molecule has 0 amide bonds. The molecule has 7 heteroatoms. The summed E-state index contributed by atoms with van der Waals surface area (Å²) in [5, 5.41) is 3.40. The van der Waals surface area contributed by atoms with Crippen LogP contribution in [0.15, 0.2) is 16.5 Å². The minimum Gasteiger partial charge on any atom is -0.460 e. The van der Waals surface area contributed by atoms with Crippen molar-refractivity contribution in [2.24, 2.45) is 0 Å². The zero-order valence-electron chi connectivity index (χ0n) is 13.6. The molecule has 2 aliphatic heterocycles. The second-order valence-corrected chi connectivity index (χ2v) is 5.95. The van der Waals surface area contributed by atoms with Gasteiger partial charge in [-0.25, -0.2) is 4.79 Å². The summed E-state index contributed by atoms with van der Waals surface area (Å²) in [6.07, 6.45) is 1.21. The maximum Gasteiger partial charge on any atom is 0.374 e. The van der Waals surface area contributed by atoms with E-state index in [0.29, 0.717) is 18.4 Å². The molecule has 0 saturated carbocycles. The average Bonchev–Trinajstić information content (AvgIpc) is 3.18. The van der Waals surface area contributed by atoms with Crippen LogP contribution in [-0.4, -0.2) is 67.7 Å². The number of halogens is 1. The van der Waals surface area contributed by atoms with Crippen LogP contribution in [-0.2, 0) is 11.3 Å². The van der Waals surface area contributed by atoms with Gasteiger partial charge in [0.2, 0.25) is 5.76 Å². The zero-order valence-corrected chi connectivity index (χ0v) is 14.4. The van der Waals surface area contributed by atoms with Crippen LogP contribution < -0.4 is 5.32 Å². The van der Waals surface area contributed by atoms with Crippen LogP contribution in [0.5, 0.6) is 0 Å². The minimum atomic E-state index is -0.381. The number of carbonyl (C=O) groups excluding carboxylic acids is 1. The van der Waals surface area contributed by atoms with Gasteiger partial charge in [-0.3, -0.25) is 9.80 Å². The Labute approximate surface area is 143 Å². The second-order valence-electron chi connectivity index (χ2n) is 5.95. The standard InChI is InChI=1S/C16H25N3O3.ClH/c1-2-21-16(20)15-4-3-14(22-15)12-18-8-5-13(11-18)19-9-6-17-7-10-19;/h3-4,13,17H,2,5-12H2,1H3;1H. The van der Waals surface area contributed by atoms with E-state index in [0.717, 1.165) is 51.6 Å². The highest BCUT2D eigenvalue weighted by Crippen LogP contribution is 2.19. The van der Waals surface area contributed by atoms with E-state index in [4.69, 9.17) is 9.15 Å². The highest BCUT2D eigenvalue weighted by molar-refractivity contribution is 5.86. The second kappa shape index (κ2) is 8.68. The van der Waals surface area contributed by atoms with E-state index in [2.05, 4.69) is 15.1 Å². The van der Waals surface area contributed by atoms with E-state index in [-0.39, 0.29) is 18.4 Å². The molecule has 0 radical (unpaired) electrons. The Morgan fingerprint density at radius 2 is 2.13 bits per heavy atom. The van der Waals surface area contributed by atoms with Gasteiger partial charge in [-0.15, -0.1) is 12.4 Å². The Morgan fingerprint density at radius 1 is 1.35 bits per heavy atom. The van der Waals surface area contributed by atoms with Gasteiger partial charge in [0.25, 0.3) is 0 Å². The van der Waals surface area contributed by atoms with Crippen LogP contribution in [0.1, 0.15) is 29.7 Å². The van der Waals surface area contributed by atoms with Crippen LogP contribution in [0.2, 0.25) is 0 Å². The molecule has 1 aromatic heterocycles. The summed E-state index contributed by atoms with van der Waals surface area (Å²) in [5.41, 5.74) is 0. The molecule has 1 atom stereocenters. The van der Waals surface area contributed by atoms with Crippen molar-refractivity contribution in [2.45, 2.75) is 25.9 Å². The normalized spacial score (nSPS) is 22.7. The summed E-state index contributed by atoms with van der Waals surface area (Å²) >= 11 is 0. The number of nitrogens with one attached hydrogen (secondary N) is 1. The number of piperazine rings is 1. The van der Waals surface area contributed by atoms with E-state index >= 15 is 0 Å². The third kappa shape index (κ3) is 4.70. The minimum absolute atomic E-state index is 0. The molecule has 0 aliphatic carbocycles. The van der Waals surface area contributed by atoms with Gasteiger partial charge in [-0.2, -0.15) is 0 Å². The molecule has 3 heterocycles. The lowest BCUT2D eigenvalue weighted by molar-refractivity contribution is 0.0486. The Kier molecular flexibility index (Phi) is 6.89. The fourth-order valence-electron chi connectivity index (χ4n) is 3.30. The highest BCUT2D eigenvalue weighted by Gasteiger charge is 2.28. The summed E-state index contributed by atoms with van der Waals surface area (Å²) in [7, 11) is 0. The zero-order chi connectivity index (χ0) is 15.4. The third-order valence-corrected chi connectivity index (χ3v) is 4.43.